The van der Waals surface area contributed by atoms with Crippen molar-refractivity contribution in [2.75, 3.05) is 13.2 Å². The summed E-state index contributed by atoms with van der Waals surface area (Å²) in [7, 11) is 0. The van der Waals surface area contributed by atoms with Gasteiger partial charge in [-0.15, -0.1) is 0 Å². The van der Waals surface area contributed by atoms with E-state index in [2.05, 4.69) is 22.0 Å². The normalized spacial score (nSPS) is 14.6. The third kappa shape index (κ3) is 3.73. The van der Waals surface area contributed by atoms with Crippen LogP contribution in [0.2, 0.25) is 0 Å². The maximum atomic E-state index is 11.3. The average molecular weight is 342 g/mol. The molecule has 0 saturated heterocycles. The maximum absolute atomic E-state index is 11.3. The number of nitrogens with two attached hydrogens (primary N) is 1. The Hall–Kier alpha value is -1.07. The Kier molecular flexibility index (Phi) is 5.43. The molecule has 20 heavy (non-hydrogen) atoms. The minimum absolute atomic E-state index is 0.117. The molecular weight excluding hydrogens is 322 g/mol. The number of carbonyl (C=O) groups is 1. The van der Waals surface area contributed by atoms with Gasteiger partial charge < -0.3 is 15.2 Å². The summed E-state index contributed by atoms with van der Waals surface area (Å²) >= 11 is 3.51. The van der Waals surface area contributed by atoms with Crippen LogP contribution >= 0.6 is 15.9 Å². The summed E-state index contributed by atoms with van der Waals surface area (Å²) in [6.45, 7) is 2.96. The molecule has 0 spiro atoms. The van der Waals surface area contributed by atoms with E-state index in [9.17, 15) is 4.79 Å². The third-order valence-corrected chi connectivity index (χ3v) is 3.84. The molecule has 0 amide bonds. The molecule has 110 valence electrons. The van der Waals surface area contributed by atoms with Crippen LogP contribution in [0.25, 0.3) is 0 Å². The molecule has 1 aliphatic heterocycles. The predicted molar refractivity (Wildman–Crippen MR) is 80.8 cm³/mol. The molecular formula is C15H20BrNO3. The van der Waals surface area contributed by atoms with Gasteiger partial charge in [0.05, 0.1) is 13.2 Å². The molecule has 0 saturated carbocycles. The van der Waals surface area contributed by atoms with Crippen molar-refractivity contribution >= 4 is 21.9 Å². The minimum Gasteiger partial charge on any atom is -0.493 e. The van der Waals surface area contributed by atoms with Gasteiger partial charge >= 0.3 is 5.97 Å². The number of fused-ring (bicyclic) bond motifs is 1. The SMILES string of the molecule is CCOC(=O)CCCC(N)c1cc(Br)cc2c1OCC2. The number of hydrogen-bond acceptors (Lipinski definition) is 4. The first-order valence-electron chi connectivity index (χ1n) is 6.98. The summed E-state index contributed by atoms with van der Waals surface area (Å²) in [5, 5.41) is 0. The third-order valence-electron chi connectivity index (χ3n) is 3.38. The summed E-state index contributed by atoms with van der Waals surface area (Å²) in [5.74, 6) is 0.771. The Bertz CT molecular complexity index is 490. The molecule has 1 atom stereocenters. The van der Waals surface area contributed by atoms with E-state index < -0.39 is 0 Å². The lowest BCUT2D eigenvalue weighted by molar-refractivity contribution is -0.143. The van der Waals surface area contributed by atoms with Gasteiger partial charge in [0.25, 0.3) is 0 Å². The molecule has 0 fully saturated rings. The first-order valence-corrected chi connectivity index (χ1v) is 7.77. The number of benzene rings is 1. The van der Waals surface area contributed by atoms with Crippen LogP contribution in [-0.2, 0) is 16.0 Å². The van der Waals surface area contributed by atoms with Gasteiger partial charge in [-0.05, 0) is 37.5 Å². The Labute approximate surface area is 127 Å². The van der Waals surface area contributed by atoms with Gasteiger partial charge in [0.2, 0.25) is 0 Å². The summed E-state index contributed by atoms with van der Waals surface area (Å²) in [4.78, 5) is 11.3. The maximum Gasteiger partial charge on any atom is 0.305 e. The van der Waals surface area contributed by atoms with Gasteiger partial charge in [-0.1, -0.05) is 15.9 Å². The standard InChI is InChI=1S/C15H20BrNO3/c1-2-19-14(18)5-3-4-13(17)12-9-11(16)8-10-6-7-20-15(10)12/h8-9,13H,2-7,17H2,1H3. The number of carbonyl (C=O) groups excluding carboxylic acids is 1. The van der Waals surface area contributed by atoms with Crippen molar-refractivity contribution in [2.45, 2.75) is 38.6 Å². The predicted octanol–water partition coefficient (Wildman–Crippen LogP) is 3.12. The van der Waals surface area contributed by atoms with Crippen molar-refractivity contribution in [3.8, 4) is 5.75 Å². The van der Waals surface area contributed by atoms with Crippen molar-refractivity contribution in [1.29, 1.82) is 0 Å². The van der Waals surface area contributed by atoms with Crippen LogP contribution in [0.1, 0.15) is 43.4 Å². The summed E-state index contributed by atoms with van der Waals surface area (Å²) < 4.78 is 11.6. The molecule has 5 heteroatoms. The van der Waals surface area contributed by atoms with Gasteiger partial charge in [-0.3, -0.25) is 4.79 Å². The van der Waals surface area contributed by atoms with Crippen LogP contribution in [0.15, 0.2) is 16.6 Å². The molecule has 2 N–H and O–H groups in total. The van der Waals surface area contributed by atoms with Crippen molar-refractivity contribution < 1.29 is 14.3 Å². The highest BCUT2D eigenvalue weighted by Crippen LogP contribution is 2.37. The highest BCUT2D eigenvalue weighted by Gasteiger charge is 2.21. The fourth-order valence-corrected chi connectivity index (χ4v) is 2.95. The van der Waals surface area contributed by atoms with Crippen LogP contribution in [0.5, 0.6) is 5.75 Å². The van der Waals surface area contributed by atoms with E-state index in [0.717, 1.165) is 35.0 Å². The van der Waals surface area contributed by atoms with Crippen LogP contribution < -0.4 is 10.5 Å². The van der Waals surface area contributed by atoms with E-state index in [0.29, 0.717) is 19.6 Å². The van der Waals surface area contributed by atoms with Gasteiger partial charge in [-0.2, -0.15) is 0 Å². The fourth-order valence-electron chi connectivity index (χ4n) is 2.43. The van der Waals surface area contributed by atoms with E-state index >= 15 is 0 Å². The topological polar surface area (TPSA) is 61.5 Å². The van der Waals surface area contributed by atoms with Gasteiger partial charge in [0.15, 0.2) is 0 Å². The summed E-state index contributed by atoms with van der Waals surface area (Å²) in [6.07, 6.45) is 2.81. The molecule has 1 heterocycles. The molecule has 1 aromatic carbocycles. The van der Waals surface area contributed by atoms with Crippen molar-refractivity contribution in [3.05, 3.63) is 27.7 Å². The molecule has 0 bridgehead atoms. The molecule has 0 radical (unpaired) electrons. The quantitative estimate of drug-likeness (QED) is 0.807. The highest BCUT2D eigenvalue weighted by atomic mass is 79.9. The zero-order valence-electron chi connectivity index (χ0n) is 11.7. The van der Waals surface area contributed by atoms with Crippen LogP contribution in [-0.4, -0.2) is 19.2 Å². The van der Waals surface area contributed by atoms with Crippen LogP contribution in [0, 0.1) is 0 Å². The zero-order valence-corrected chi connectivity index (χ0v) is 13.2. The Morgan fingerprint density at radius 1 is 1.55 bits per heavy atom. The fraction of sp³-hybridized carbons (Fsp3) is 0.533. The van der Waals surface area contributed by atoms with Gasteiger partial charge in [-0.25, -0.2) is 0 Å². The molecule has 1 unspecified atom stereocenters. The smallest absolute Gasteiger partial charge is 0.305 e. The lowest BCUT2D eigenvalue weighted by atomic mass is 9.98. The van der Waals surface area contributed by atoms with Gasteiger partial charge in [0.1, 0.15) is 5.75 Å². The molecule has 0 aromatic heterocycles. The monoisotopic (exact) mass is 341 g/mol. The van der Waals surface area contributed by atoms with Crippen LogP contribution in [0.3, 0.4) is 0 Å². The second-order valence-electron chi connectivity index (χ2n) is 4.89. The Balaban J connectivity index is 1.96. The van der Waals surface area contributed by atoms with Crippen molar-refractivity contribution in [3.63, 3.8) is 0 Å². The molecule has 2 rings (SSSR count). The lowest BCUT2D eigenvalue weighted by Gasteiger charge is -2.16. The minimum atomic E-state index is -0.157. The van der Waals surface area contributed by atoms with E-state index in [-0.39, 0.29) is 12.0 Å². The highest BCUT2D eigenvalue weighted by molar-refractivity contribution is 9.10. The van der Waals surface area contributed by atoms with Crippen LogP contribution in [0.4, 0.5) is 0 Å². The number of hydrogen-bond donors (Lipinski definition) is 1. The number of esters is 1. The lowest BCUT2D eigenvalue weighted by Crippen LogP contribution is -2.13. The first-order chi connectivity index (χ1) is 9.61. The van der Waals surface area contributed by atoms with E-state index in [4.69, 9.17) is 15.2 Å². The van der Waals surface area contributed by atoms with Crippen molar-refractivity contribution in [1.82, 2.24) is 0 Å². The first kappa shape index (κ1) is 15.3. The second kappa shape index (κ2) is 7.09. The van der Waals surface area contributed by atoms with Gasteiger partial charge in [0, 0.05) is 28.9 Å². The number of halogens is 1. The Morgan fingerprint density at radius 2 is 2.35 bits per heavy atom. The Morgan fingerprint density at radius 3 is 3.10 bits per heavy atom. The molecule has 4 nitrogen and oxygen atoms in total. The van der Waals surface area contributed by atoms with E-state index in [1.807, 2.05) is 13.0 Å². The molecule has 1 aliphatic rings. The average Bonchev–Trinajstić information content (AvgIpc) is 2.85. The van der Waals surface area contributed by atoms with E-state index in [1.54, 1.807) is 0 Å². The molecule has 1 aromatic rings. The second-order valence-corrected chi connectivity index (χ2v) is 5.80. The number of ether oxygens (including phenoxy) is 2. The van der Waals surface area contributed by atoms with Crippen molar-refractivity contribution in [2.24, 2.45) is 5.73 Å². The van der Waals surface area contributed by atoms with E-state index in [1.165, 1.54) is 5.56 Å². The molecule has 0 aliphatic carbocycles. The summed E-state index contributed by atoms with van der Waals surface area (Å²) in [5.41, 5.74) is 8.47. The zero-order chi connectivity index (χ0) is 14.5. The largest absolute Gasteiger partial charge is 0.493 e. The number of rotatable bonds is 6. The summed E-state index contributed by atoms with van der Waals surface area (Å²) in [6, 6.07) is 3.98.